The second-order valence-corrected chi connectivity index (χ2v) is 2.41. The number of carboxylic acid groups (broad SMARTS) is 2. The van der Waals surface area contributed by atoms with Crippen molar-refractivity contribution >= 4 is 17.7 Å². The average molecular weight is 223 g/mol. The van der Waals surface area contributed by atoms with E-state index in [2.05, 4.69) is 11.6 Å². The molecule has 0 atom stereocenters. The summed E-state index contributed by atoms with van der Waals surface area (Å²) in [6, 6.07) is 3.31. The maximum absolute atomic E-state index is 10.9. The summed E-state index contributed by atoms with van der Waals surface area (Å²) in [6.45, 7) is 3.37. The summed E-state index contributed by atoms with van der Waals surface area (Å²) >= 11 is 0. The Bertz CT molecular complexity index is 387. The summed E-state index contributed by atoms with van der Waals surface area (Å²) in [5, 5.41) is 14.8. The molecule has 0 radical (unpaired) electrons. The molecule has 16 heavy (non-hydrogen) atoms. The molecule has 0 aromatic carbocycles. The molecule has 1 aromatic rings. The summed E-state index contributed by atoms with van der Waals surface area (Å²) < 4.78 is 0. The van der Waals surface area contributed by atoms with Gasteiger partial charge in [-0.15, -0.1) is 0 Å². The van der Waals surface area contributed by atoms with Gasteiger partial charge in [-0.3, -0.25) is 9.78 Å². The van der Waals surface area contributed by atoms with Crippen LogP contribution in [0.2, 0.25) is 0 Å². The second kappa shape index (κ2) is 6.88. The first-order valence-corrected chi connectivity index (χ1v) is 4.02. The molecule has 6 nitrogen and oxygen atoms in total. The molecule has 0 saturated carbocycles. The maximum Gasteiger partial charge on any atom is 0.414 e. The number of hydrogen-bond acceptors (Lipinski definition) is 4. The lowest BCUT2D eigenvalue weighted by Gasteiger charge is -1.90. The van der Waals surface area contributed by atoms with Gasteiger partial charge in [0, 0.05) is 18.0 Å². The lowest BCUT2D eigenvalue weighted by molar-refractivity contribution is -0.159. The van der Waals surface area contributed by atoms with Crippen LogP contribution in [0, 0.1) is 0 Å². The molecule has 0 saturated heterocycles. The molecule has 84 valence electrons. The van der Waals surface area contributed by atoms with Crippen LogP contribution in [-0.4, -0.2) is 32.9 Å². The van der Waals surface area contributed by atoms with Gasteiger partial charge in [0.15, 0.2) is 5.78 Å². The van der Waals surface area contributed by atoms with E-state index in [1.807, 2.05) is 0 Å². The number of carbonyl (C=O) groups is 3. The number of carbonyl (C=O) groups excluding carboxylic acids is 1. The minimum absolute atomic E-state index is 0.0672. The van der Waals surface area contributed by atoms with Gasteiger partial charge in [-0.1, -0.05) is 6.58 Å². The highest BCUT2D eigenvalue weighted by atomic mass is 16.4. The second-order valence-electron chi connectivity index (χ2n) is 2.41. The summed E-state index contributed by atoms with van der Waals surface area (Å²) in [6.07, 6.45) is 4.45. The van der Waals surface area contributed by atoms with Crippen LogP contribution in [0.4, 0.5) is 0 Å². The van der Waals surface area contributed by atoms with Crippen LogP contribution in [-0.2, 0) is 9.59 Å². The summed E-state index contributed by atoms with van der Waals surface area (Å²) in [5.41, 5.74) is 0.630. The van der Waals surface area contributed by atoms with Gasteiger partial charge in [-0.25, -0.2) is 9.59 Å². The molecule has 1 aromatic heterocycles. The van der Waals surface area contributed by atoms with Gasteiger partial charge < -0.3 is 10.2 Å². The fourth-order valence-corrected chi connectivity index (χ4v) is 0.634. The van der Waals surface area contributed by atoms with Gasteiger partial charge in [0.25, 0.3) is 0 Å². The number of ketones is 1. The van der Waals surface area contributed by atoms with Crippen molar-refractivity contribution in [3.05, 3.63) is 42.7 Å². The molecule has 0 amide bonds. The highest BCUT2D eigenvalue weighted by Gasteiger charge is 2.04. The van der Waals surface area contributed by atoms with E-state index in [1.54, 1.807) is 24.5 Å². The Labute approximate surface area is 90.9 Å². The fraction of sp³-hybridized carbons (Fsp3) is 0. The third-order valence-corrected chi connectivity index (χ3v) is 1.33. The number of rotatable bonds is 2. The van der Waals surface area contributed by atoms with Gasteiger partial charge in [-0.2, -0.15) is 0 Å². The molecule has 0 spiro atoms. The van der Waals surface area contributed by atoms with Gasteiger partial charge in [0.05, 0.1) is 0 Å². The van der Waals surface area contributed by atoms with Crippen molar-refractivity contribution in [1.29, 1.82) is 0 Å². The van der Waals surface area contributed by atoms with Crippen LogP contribution in [0.25, 0.3) is 0 Å². The first kappa shape index (κ1) is 13.5. The lowest BCUT2D eigenvalue weighted by Crippen LogP contribution is -2.09. The third-order valence-electron chi connectivity index (χ3n) is 1.33. The normalized spacial score (nSPS) is 8.25. The molecular weight excluding hydrogens is 214 g/mol. The first-order valence-electron chi connectivity index (χ1n) is 4.02. The molecular formula is C10H9NO5. The zero-order chi connectivity index (χ0) is 12.6. The highest BCUT2D eigenvalue weighted by molar-refractivity contribution is 6.27. The molecule has 1 heterocycles. The smallest absolute Gasteiger partial charge is 0.414 e. The van der Waals surface area contributed by atoms with E-state index in [0.29, 0.717) is 5.56 Å². The summed E-state index contributed by atoms with van der Waals surface area (Å²) in [5.74, 6) is -3.72. The molecule has 0 bridgehead atoms. The van der Waals surface area contributed by atoms with Crippen molar-refractivity contribution in [3.8, 4) is 0 Å². The van der Waals surface area contributed by atoms with Crippen molar-refractivity contribution in [2.45, 2.75) is 0 Å². The minimum atomic E-state index is -1.82. The third kappa shape index (κ3) is 5.28. The van der Waals surface area contributed by atoms with Crippen LogP contribution in [0.1, 0.15) is 10.4 Å². The summed E-state index contributed by atoms with van der Waals surface area (Å²) in [4.78, 5) is 32.8. The van der Waals surface area contributed by atoms with E-state index < -0.39 is 11.9 Å². The Morgan fingerprint density at radius 1 is 1.12 bits per heavy atom. The Balaban J connectivity index is 0.000000325. The van der Waals surface area contributed by atoms with Crippen molar-refractivity contribution in [2.24, 2.45) is 0 Å². The Morgan fingerprint density at radius 3 is 1.88 bits per heavy atom. The van der Waals surface area contributed by atoms with Crippen molar-refractivity contribution in [1.82, 2.24) is 4.98 Å². The highest BCUT2D eigenvalue weighted by Crippen LogP contribution is 1.97. The van der Waals surface area contributed by atoms with Gasteiger partial charge in [0.1, 0.15) is 0 Å². The predicted molar refractivity (Wildman–Crippen MR) is 54.0 cm³/mol. The zero-order valence-electron chi connectivity index (χ0n) is 8.16. The molecule has 1 rings (SSSR count). The van der Waals surface area contributed by atoms with E-state index in [9.17, 15) is 4.79 Å². The lowest BCUT2D eigenvalue weighted by atomic mass is 10.2. The largest absolute Gasteiger partial charge is 0.473 e. The average Bonchev–Trinajstić information content (AvgIpc) is 2.30. The Kier molecular flexibility index (Phi) is 5.81. The van der Waals surface area contributed by atoms with Gasteiger partial charge in [-0.05, 0) is 18.2 Å². The quantitative estimate of drug-likeness (QED) is 0.432. The molecule has 0 aliphatic carbocycles. The van der Waals surface area contributed by atoms with Crippen molar-refractivity contribution in [2.75, 3.05) is 0 Å². The first-order chi connectivity index (χ1) is 7.49. The number of allylic oxidation sites excluding steroid dienone is 1. The molecule has 0 aliphatic heterocycles. The van der Waals surface area contributed by atoms with E-state index in [4.69, 9.17) is 19.8 Å². The number of aromatic nitrogens is 1. The minimum Gasteiger partial charge on any atom is -0.473 e. The predicted octanol–water partition coefficient (Wildman–Crippen LogP) is 0.606. The van der Waals surface area contributed by atoms with Crippen LogP contribution in [0.5, 0.6) is 0 Å². The molecule has 2 N–H and O–H groups in total. The van der Waals surface area contributed by atoms with Crippen LogP contribution in [0.15, 0.2) is 37.2 Å². The standard InChI is InChI=1S/C8H7NO.C2H2O4/c1-2-8(10)7-3-5-9-6-4-7;3-1(4)2(5)6/h2-6H,1H2;(H,3,4)(H,5,6). The molecule has 0 fully saturated rings. The Morgan fingerprint density at radius 2 is 1.56 bits per heavy atom. The van der Waals surface area contributed by atoms with Crippen molar-refractivity contribution in [3.63, 3.8) is 0 Å². The fourth-order valence-electron chi connectivity index (χ4n) is 0.634. The number of hydrogen-bond donors (Lipinski definition) is 2. The van der Waals surface area contributed by atoms with Crippen LogP contribution < -0.4 is 0 Å². The Hall–Kier alpha value is -2.50. The molecule has 6 heteroatoms. The van der Waals surface area contributed by atoms with E-state index in [0.717, 1.165) is 0 Å². The SMILES string of the molecule is C=CC(=O)c1ccncc1.O=C(O)C(=O)O. The van der Waals surface area contributed by atoms with Gasteiger partial charge >= 0.3 is 11.9 Å². The van der Waals surface area contributed by atoms with Crippen LogP contribution in [0.3, 0.4) is 0 Å². The zero-order valence-corrected chi connectivity index (χ0v) is 8.16. The maximum atomic E-state index is 10.9. The number of nitrogens with zero attached hydrogens (tertiary/aromatic N) is 1. The van der Waals surface area contributed by atoms with E-state index in [1.165, 1.54) is 6.08 Å². The van der Waals surface area contributed by atoms with Crippen LogP contribution >= 0.6 is 0 Å². The van der Waals surface area contributed by atoms with Crippen molar-refractivity contribution < 1.29 is 24.6 Å². The van der Waals surface area contributed by atoms with Gasteiger partial charge in [0.2, 0.25) is 0 Å². The van der Waals surface area contributed by atoms with E-state index >= 15 is 0 Å². The summed E-state index contributed by atoms with van der Waals surface area (Å²) in [7, 11) is 0. The molecule has 0 unspecified atom stereocenters. The number of carboxylic acids is 2. The molecule has 0 aliphatic rings. The number of pyridine rings is 1. The number of aliphatic carboxylic acids is 2. The van der Waals surface area contributed by atoms with E-state index in [-0.39, 0.29) is 5.78 Å². The topological polar surface area (TPSA) is 105 Å². The monoisotopic (exact) mass is 223 g/mol.